The van der Waals surface area contributed by atoms with Crippen molar-refractivity contribution >= 4 is 8.56 Å². The third-order valence-corrected chi connectivity index (χ3v) is 5.53. The molecule has 0 saturated heterocycles. The third-order valence-electron chi connectivity index (χ3n) is 2.27. The maximum Gasteiger partial charge on any atom is 0.357 e. The van der Waals surface area contributed by atoms with Crippen LogP contribution in [0.5, 0.6) is 0 Å². The molecule has 0 spiro atoms. The van der Waals surface area contributed by atoms with Crippen molar-refractivity contribution in [2.75, 3.05) is 20.8 Å². The summed E-state index contributed by atoms with van der Waals surface area (Å²) in [5, 5.41) is 1.62. The van der Waals surface area contributed by atoms with Crippen LogP contribution in [0.25, 0.3) is 0 Å². The van der Waals surface area contributed by atoms with E-state index >= 15 is 0 Å². The molecule has 0 radical (unpaired) electrons. The van der Waals surface area contributed by atoms with Crippen LogP contribution < -0.4 is 5.84 Å². The van der Waals surface area contributed by atoms with Gasteiger partial charge in [0.25, 0.3) is 0 Å². The lowest BCUT2D eigenvalue weighted by atomic mass is 10.5. The summed E-state index contributed by atoms with van der Waals surface area (Å²) in [5.74, 6) is 5.84. The Labute approximate surface area is 87.2 Å². The Hall–Kier alpha value is -0.463. The van der Waals surface area contributed by atoms with Crippen LogP contribution in [0, 0.1) is 0 Å². The Balaban J connectivity index is 4.66. The largest absolute Gasteiger partial charge is 0.397 e. The number of hydrogen-bond donors (Lipinski definition) is 1. The molecule has 14 heavy (non-hydrogen) atoms. The quantitative estimate of drug-likeness (QED) is 0.296. The summed E-state index contributed by atoms with van der Waals surface area (Å²) in [5.41, 5.74) is -0.0875. The molecule has 1 unspecified atom stereocenters. The summed E-state index contributed by atoms with van der Waals surface area (Å²) in [6, 6.07) is 0. The van der Waals surface area contributed by atoms with Gasteiger partial charge in [-0.1, -0.05) is 12.2 Å². The standard InChI is InChI=1S/C9H20N2O2Si/c1-6-8-11(10)9(7-2)14(5,12-3)13-4/h6-7,9H,1-2,8,10H2,3-5H3. The van der Waals surface area contributed by atoms with E-state index in [1.54, 1.807) is 31.4 Å². The molecule has 0 amide bonds. The van der Waals surface area contributed by atoms with Crippen LogP contribution in [0.3, 0.4) is 0 Å². The molecule has 0 aromatic heterocycles. The average molecular weight is 216 g/mol. The minimum absolute atomic E-state index is 0.0875. The van der Waals surface area contributed by atoms with Gasteiger partial charge in [-0.25, -0.2) is 5.01 Å². The van der Waals surface area contributed by atoms with Gasteiger partial charge >= 0.3 is 8.56 Å². The Morgan fingerprint density at radius 2 is 1.93 bits per heavy atom. The fourth-order valence-corrected chi connectivity index (χ4v) is 3.02. The van der Waals surface area contributed by atoms with E-state index in [1.165, 1.54) is 0 Å². The van der Waals surface area contributed by atoms with Crippen molar-refractivity contribution in [3.8, 4) is 0 Å². The fraction of sp³-hybridized carbons (Fsp3) is 0.556. The molecule has 1 atom stereocenters. The van der Waals surface area contributed by atoms with Gasteiger partial charge in [0.05, 0.1) is 5.67 Å². The van der Waals surface area contributed by atoms with Crippen molar-refractivity contribution in [2.24, 2.45) is 5.84 Å². The van der Waals surface area contributed by atoms with Gasteiger partial charge in [0.1, 0.15) is 0 Å². The van der Waals surface area contributed by atoms with Gasteiger partial charge in [-0.05, 0) is 6.55 Å². The van der Waals surface area contributed by atoms with E-state index in [2.05, 4.69) is 13.2 Å². The van der Waals surface area contributed by atoms with Crippen LogP contribution in [-0.2, 0) is 8.85 Å². The van der Waals surface area contributed by atoms with Gasteiger partial charge in [0, 0.05) is 20.8 Å². The van der Waals surface area contributed by atoms with Gasteiger partial charge in [-0.3, -0.25) is 5.84 Å². The van der Waals surface area contributed by atoms with Crippen molar-refractivity contribution in [1.29, 1.82) is 0 Å². The van der Waals surface area contributed by atoms with E-state index in [4.69, 9.17) is 14.7 Å². The first-order valence-electron chi connectivity index (χ1n) is 4.40. The van der Waals surface area contributed by atoms with Gasteiger partial charge in [0.15, 0.2) is 0 Å². The van der Waals surface area contributed by atoms with E-state index in [0.29, 0.717) is 6.54 Å². The first-order valence-corrected chi connectivity index (χ1v) is 6.80. The monoisotopic (exact) mass is 216 g/mol. The molecule has 82 valence electrons. The highest BCUT2D eigenvalue weighted by Crippen LogP contribution is 2.15. The maximum atomic E-state index is 5.84. The summed E-state index contributed by atoms with van der Waals surface area (Å²) in [7, 11) is 0.974. The highest BCUT2D eigenvalue weighted by molar-refractivity contribution is 6.68. The number of rotatable bonds is 7. The lowest BCUT2D eigenvalue weighted by Crippen LogP contribution is -2.59. The van der Waals surface area contributed by atoms with E-state index in [-0.39, 0.29) is 5.67 Å². The Morgan fingerprint density at radius 1 is 1.43 bits per heavy atom. The van der Waals surface area contributed by atoms with Crippen LogP contribution in [-0.4, -0.2) is 40.0 Å². The van der Waals surface area contributed by atoms with Crippen LogP contribution in [0.1, 0.15) is 0 Å². The molecule has 0 saturated carbocycles. The molecular formula is C9H20N2O2Si. The molecule has 0 aromatic rings. The number of hydrazine groups is 1. The molecule has 0 heterocycles. The van der Waals surface area contributed by atoms with E-state index in [9.17, 15) is 0 Å². The molecule has 0 aliphatic carbocycles. The second-order valence-electron chi connectivity index (χ2n) is 3.09. The molecular weight excluding hydrogens is 196 g/mol. The Kier molecular flexibility index (Phi) is 5.90. The molecule has 0 aliphatic rings. The molecule has 0 aliphatic heterocycles. The summed E-state index contributed by atoms with van der Waals surface area (Å²) in [4.78, 5) is 0. The topological polar surface area (TPSA) is 47.7 Å². The predicted molar refractivity (Wildman–Crippen MR) is 60.7 cm³/mol. The zero-order valence-corrected chi connectivity index (χ0v) is 10.2. The van der Waals surface area contributed by atoms with E-state index in [1.807, 2.05) is 6.55 Å². The third kappa shape index (κ3) is 3.04. The van der Waals surface area contributed by atoms with Gasteiger partial charge in [-0.15, -0.1) is 13.2 Å². The van der Waals surface area contributed by atoms with Crippen LogP contribution in [0.4, 0.5) is 0 Å². The Morgan fingerprint density at radius 3 is 2.21 bits per heavy atom. The van der Waals surface area contributed by atoms with Crippen LogP contribution in [0.2, 0.25) is 6.55 Å². The van der Waals surface area contributed by atoms with Crippen molar-refractivity contribution in [1.82, 2.24) is 5.01 Å². The van der Waals surface area contributed by atoms with Gasteiger partial charge in [0.2, 0.25) is 0 Å². The molecule has 0 fully saturated rings. The Bertz CT molecular complexity index is 195. The summed E-state index contributed by atoms with van der Waals surface area (Å²) < 4.78 is 10.8. The fourth-order valence-electron chi connectivity index (χ4n) is 1.24. The molecule has 0 aromatic carbocycles. The van der Waals surface area contributed by atoms with Crippen molar-refractivity contribution in [3.05, 3.63) is 25.3 Å². The first-order chi connectivity index (χ1) is 6.55. The lowest BCUT2D eigenvalue weighted by molar-refractivity contribution is 0.192. The SMILES string of the molecule is C=CCN(N)C(C=C)[Si](C)(OC)OC. The number of nitrogens with two attached hydrogens (primary N) is 1. The summed E-state index contributed by atoms with van der Waals surface area (Å²) >= 11 is 0. The maximum absolute atomic E-state index is 5.84. The van der Waals surface area contributed by atoms with E-state index < -0.39 is 8.56 Å². The smallest absolute Gasteiger partial charge is 0.357 e. The zero-order valence-electron chi connectivity index (χ0n) is 9.19. The average Bonchev–Trinajstić information content (AvgIpc) is 2.19. The molecule has 0 bridgehead atoms. The number of nitrogens with zero attached hydrogens (tertiary/aromatic N) is 1. The van der Waals surface area contributed by atoms with E-state index in [0.717, 1.165) is 0 Å². The summed E-state index contributed by atoms with van der Waals surface area (Å²) in [6.45, 7) is 9.90. The highest BCUT2D eigenvalue weighted by Gasteiger charge is 2.40. The normalized spacial score (nSPS) is 14.1. The van der Waals surface area contributed by atoms with Crippen LogP contribution in [0.15, 0.2) is 25.3 Å². The molecule has 5 heteroatoms. The van der Waals surface area contributed by atoms with Gasteiger partial charge in [-0.2, -0.15) is 0 Å². The molecule has 4 nitrogen and oxygen atoms in total. The molecule has 0 rings (SSSR count). The highest BCUT2D eigenvalue weighted by atomic mass is 28.4. The van der Waals surface area contributed by atoms with Crippen LogP contribution >= 0.6 is 0 Å². The second kappa shape index (κ2) is 6.10. The van der Waals surface area contributed by atoms with Gasteiger partial charge < -0.3 is 8.85 Å². The number of hydrogen-bond acceptors (Lipinski definition) is 4. The minimum atomic E-state index is -2.29. The van der Waals surface area contributed by atoms with Crippen molar-refractivity contribution < 1.29 is 8.85 Å². The lowest BCUT2D eigenvalue weighted by Gasteiger charge is -2.34. The summed E-state index contributed by atoms with van der Waals surface area (Å²) in [6.07, 6.45) is 3.49. The minimum Gasteiger partial charge on any atom is -0.397 e. The predicted octanol–water partition coefficient (Wildman–Crippen LogP) is 0.807. The first kappa shape index (κ1) is 13.5. The second-order valence-corrected chi connectivity index (χ2v) is 6.53. The van der Waals surface area contributed by atoms with Crippen molar-refractivity contribution in [3.63, 3.8) is 0 Å². The zero-order chi connectivity index (χ0) is 11.2. The molecule has 2 N–H and O–H groups in total. The van der Waals surface area contributed by atoms with Crippen molar-refractivity contribution in [2.45, 2.75) is 12.2 Å².